The summed E-state index contributed by atoms with van der Waals surface area (Å²) in [5, 5.41) is 0. The second-order valence-electron chi connectivity index (χ2n) is 7.15. The maximum absolute atomic E-state index is 6.43. The number of rotatable bonds is 9. The summed E-state index contributed by atoms with van der Waals surface area (Å²) >= 11 is 0. The third-order valence-corrected chi connectivity index (χ3v) is 5.18. The van der Waals surface area contributed by atoms with Crippen molar-refractivity contribution in [3.63, 3.8) is 0 Å². The van der Waals surface area contributed by atoms with Crippen LogP contribution < -0.4 is 9.47 Å². The first kappa shape index (κ1) is 21.3. The number of ether oxygens (including phenoxy) is 2. The summed E-state index contributed by atoms with van der Waals surface area (Å²) in [7, 11) is 0. The average molecular weight is 370 g/mol. The third-order valence-electron chi connectivity index (χ3n) is 5.18. The predicted molar refractivity (Wildman–Crippen MR) is 113 cm³/mol. The van der Waals surface area contributed by atoms with Gasteiger partial charge in [-0.25, -0.2) is 4.98 Å². The molecule has 1 heterocycles. The Bertz CT molecular complexity index is 738. The van der Waals surface area contributed by atoms with E-state index in [1.807, 2.05) is 19.9 Å². The molecule has 0 atom stereocenters. The maximum Gasteiger partial charge on any atom is 0.226 e. The Morgan fingerprint density at radius 3 is 1.93 bits per heavy atom. The Labute approximate surface area is 165 Å². The van der Waals surface area contributed by atoms with Crippen molar-refractivity contribution in [1.82, 2.24) is 4.98 Å². The van der Waals surface area contributed by atoms with E-state index in [0.717, 1.165) is 54.9 Å². The molecule has 3 heteroatoms. The van der Waals surface area contributed by atoms with Crippen molar-refractivity contribution in [3.05, 3.63) is 46.1 Å². The summed E-state index contributed by atoms with van der Waals surface area (Å²) in [6.45, 7) is 14.9. The lowest BCUT2D eigenvalue weighted by Crippen LogP contribution is -2.15. The van der Waals surface area contributed by atoms with E-state index in [1.165, 1.54) is 16.7 Å². The maximum atomic E-state index is 6.43. The number of aromatic nitrogens is 1. The molecule has 0 unspecified atom stereocenters. The van der Waals surface area contributed by atoms with Crippen molar-refractivity contribution in [2.24, 2.45) is 0 Å². The molecule has 27 heavy (non-hydrogen) atoms. The van der Waals surface area contributed by atoms with Gasteiger partial charge in [0, 0.05) is 11.8 Å². The summed E-state index contributed by atoms with van der Waals surface area (Å²) in [5.41, 5.74) is 5.74. The Balaban J connectivity index is 2.47. The fourth-order valence-electron chi connectivity index (χ4n) is 3.32. The molecule has 148 valence electrons. The molecule has 0 spiro atoms. The van der Waals surface area contributed by atoms with Crippen molar-refractivity contribution in [1.29, 1.82) is 0 Å². The van der Waals surface area contributed by atoms with Gasteiger partial charge < -0.3 is 9.47 Å². The zero-order valence-electron chi connectivity index (χ0n) is 18.1. The molecule has 0 bridgehead atoms. The Hall–Kier alpha value is -2.03. The van der Waals surface area contributed by atoms with Crippen LogP contribution in [0.3, 0.4) is 0 Å². The summed E-state index contributed by atoms with van der Waals surface area (Å²) in [6, 6.07) is 6.55. The number of aryl methyl sites for hydroxylation is 4. The minimum Gasteiger partial charge on any atom is -0.490 e. The number of hydrogen-bond donors (Lipinski definition) is 0. The Morgan fingerprint density at radius 2 is 1.44 bits per heavy atom. The molecule has 2 aromatic rings. The molecule has 1 aromatic carbocycles. The van der Waals surface area contributed by atoms with E-state index in [1.54, 1.807) is 0 Å². The van der Waals surface area contributed by atoms with Crippen LogP contribution >= 0.6 is 0 Å². The highest BCUT2D eigenvalue weighted by atomic mass is 16.5. The molecule has 2 rings (SSSR count). The van der Waals surface area contributed by atoms with Crippen molar-refractivity contribution in [2.45, 2.75) is 86.7 Å². The monoisotopic (exact) mass is 369 g/mol. The van der Waals surface area contributed by atoms with E-state index in [4.69, 9.17) is 9.47 Å². The molecule has 1 aromatic heterocycles. The van der Waals surface area contributed by atoms with Crippen LogP contribution in [0.5, 0.6) is 17.4 Å². The van der Waals surface area contributed by atoms with Crippen LogP contribution in [-0.2, 0) is 19.3 Å². The van der Waals surface area contributed by atoms with E-state index in [-0.39, 0.29) is 6.10 Å². The average Bonchev–Trinajstić information content (AvgIpc) is 2.68. The van der Waals surface area contributed by atoms with Crippen molar-refractivity contribution >= 4 is 0 Å². The number of pyridine rings is 1. The molecule has 0 radical (unpaired) electrons. The normalized spacial score (nSPS) is 11.1. The van der Waals surface area contributed by atoms with Gasteiger partial charge in [0.2, 0.25) is 5.88 Å². The molecule has 3 nitrogen and oxygen atoms in total. The van der Waals surface area contributed by atoms with E-state index in [9.17, 15) is 0 Å². The highest BCUT2D eigenvalue weighted by Gasteiger charge is 2.17. The van der Waals surface area contributed by atoms with Crippen LogP contribution in [0.25, 0.3) is 0 Å². The lowest BCUT2D eigenvalue weighted by atomic mass is 9.99. The summed E-state index contributed by atoms with van der Waals surface area (Å²) in [5.74, 6) is 2.50. The fraction of sp³-hybridized carbons (Fsp3) is 0.542. The lowest BCUT2D eigenvalue weighted by Gasteiger charge is -2.21. The van der Waals surface area contributed by atoms with E-state index < -0.39 is 0 Å². The van der Waals surface area contributed by atoms with Gasteiger partial charge in [-0.05, 0) is 62.6 Å². The van der Waals surface area contributed by atoms with Crippen molar-refractivity contribution in [2.75, 3.05) is 0 Å². The summed E-state index contributed by atoms with van der Waals surface area (Å²) in [4.78, 5) is 4.68. The van der Waals surface area contributed by atoms with Crippen LogP contribution in [0.2, 0.25) is 0 Å². The zero-order valence-corrected chi connectivity index (χ0v) is 18.1. The van der Waals surface area contributed by atoms with Crippen LogP contribution in [0.4, 0.5) is 0 Å². The van der Waals surface area contributed by atoms with Crippen molar-refractivity contribution < 1.29 is 9.47 Å². The zero-order chi connectivity index (χ0) is 20.0. The number of hydrogen-bond acceptors (Lipinski definition) is 3. The second kappa shape index (κ2) is 9.77. The lowest BCUT2D eigenvalue weighted by molar-refractivity contribution is 0.190. The van der Waals surface area contributed by atoms with Gasteiger partial charge in [0.15, 0.2) is 0 Å². The molecular weight excluding hydrogens is 334 g/mol. The predicted octanol–water partition coefficient (Wildman–Crippen LogP) is 6.75. The van der Waals surface area contributed by atoms with Gasteiger partial charge in [-0.2, -0.15) is 0 Å². The van der Waals surface area contributed by atoms with Crippen LogP contribution in [0, 0.1) is 13.8 Å². The van der Waals surface area contributed by atoms with Crippen LogP contribution in [-0.4, -0.2) is 11.1 Å². The van der Waals surface area contributed by atoms with Gasteiger partial charge in [-0.3, -0.25) is 0 Å². The van der Waals surface area contributed by atoms with E-state index in [0.29, 0.717) is 5.88 Å². The highest BCUT2D eigenvalue weighted by molar-refractivity contribution is 5.49. The van der Waals surface area contributed by atoms with Crippen LogP contribution in [0.15, 0.2) is 18.2 Å². The first-order chi connectivity index (χ1) is 13.0. The largest absolute Gasteiger partial charge is 0.490 e. The summed E-state index contributed by atoms with van der Waals surface area (Å²) in [6.07, 6.45) is 5.13. The molecule has 0 saturated carbocycles. The third kappa shape index (κ3) is 5.03. The molecule has 0 aliphatic heterocycles. The number of benzene rings is 1. The first-order valence-electron chi connectivity index (χ1n) is 10.4. The molecule has 0 amide bonds. The molecular formula is C24H35NO2. The molecule has 0 aliphatic rings. The number of nitrogens with zero attached hydrogens (tertiary/aromatic N) is 1. The van der Waals surface area contributed by atoms with Gasteiger partial charge in [-0.15, -0.1) is 0 Å². The van der Waals surface area contributed by atoms with Crippen LogP contribution in [0.1, 0.15) is 75.4 Å². The Kier molecular flexibility index (Phi) is 7.70. The van der Waals surface area contributed by atoms with Gasteiger partial charge in [-0.1, -0.05) is 46.8 Å². The SMILES string of the molecule is CCc1cc(CC)c(Oc2nc(C)cc(OC(CC)CC)c2C)c(CC)c1. The van der Waals surface area contributed by atoms with Gasteiger partial charge in [0.25, 0.3) is 0 Å². The fourth-order valence-corrected chi connectivity index (χ4v) is 3.32. The minimum atomic E-state index is 0.222. The second-order valence-corrected chi connectivity index (χ2v) is 7.15. The van der Waals surface area contributed by atoms with Gasteiger partial charge in [0.05, 0.1) is 11.7 Å². The molecule has 0 N–H and O–H groups in total. The quantitative estimate of drug-likeness (QED) is 0.490. The van der Waals surface area contributed by atoms with Gasteiger partial charge in [0.1, 0.15) is 11.5 Å². The topological polar surface area (TPSA) is 31.4 Å². The molecule has 0 aliphatic carbocycles. The summed E-state index contributed by atoms with van der Waals surface area (Å²) < 4.78 is 12.7. The van der Waals surface area contributed by atoms with E-state index in [2.05, 4.69) is 51.7 Å². The first-order valence-corrected chi connectivity index (χ1v) is 10.4. The molecule has 0 fully saturated rings. The smallest absolute Gasteiger partial charge is 0.226 e. The highest BCUT2D eigenvalue weighted by Crippen LogP contribution is 2.36. The Morgan fingerprint density at radius 1 is 0.852 bits per heavy atom. The van der Waals surface area contributed by atoms with Gasteiger partial charge >= 0.3 is 0 Å². The van der Waals surface area contributed by atoms with E-state index >= 15 is 0 Å². The van der Waals surface area contributed by atoms with Crippen molar-refractivity contribution in [3.8, 4) is 17.4 Å². The minimum absolute atomic E-state index is 0.222. The molecule has 0 saturated heterocycles. The standard InChI is InChI=1S/C24H35NO2/c1-8-18-14-19(9-2)23(20(10-3)15-18)27-24-17(7)22(13-16(6)25-24)26-21(11-4)12-5/h13-15,21H,8-12H2,1-7H3.